The molecule has 1 aromatic rings. The first-order valence-electron chi connectivity index (χ1n) is 5.06. The highest BCUT2D eigenvalue weighted by Crippen LogP contribution is 2.25. The third-order valence-corrected chi connectivity index (χ3v) is 2.02. The maximum Gasteiger partial charge on any atom is 0.319 e. The normalized spacial score (nSPS) is 12.9. The second-order valence-corrected chi connectivity index (χ2v) is 3.71. The summed E-state index contributed by atoms with van der Waals surface area (Å²) in [7, 11) is 0. The number of benzene rings is 1. The van der Waals surface area contributed by atoms with E-state index < -0.39 is 24.4 Å². The van der Waals surface area contributed by atoms with Crippen LogP contribution in [0.4, 0.5) is 8.78 Å². The Morgan fingerprint density at radius 1 is 1.19 bits per heavy atom. The van der Waals surface area contributed by atoms with Gasteiger partial charge in [0, 0.05) is 0 Å². The van der Waals surface area contributed by atoms with Gasteiger partial charge in [-0.05, 0) is 19.4 Å². The largest absolute Gasteiger partial charge is 0.462 e. The topological polar surface area (TPSA) is 26.3 Å². The minimum atomic E-state index is -2.76. The molecule has 0 radical (unpaired) electrons. The van der Waals surface area contributed by atoms with Gasteiger partial charge < -0.3 is 4.74 Å². The van der Waals surface area contributed by atoms with Gasteiger partial charge in [-0.15, -0.1) is 0 Å². The molecule has 0 N–H and O–H groups in total. The molecule has 4 heteroatoms. The van der Waals surface area contributed by atoms with Crippen LogP contribution in [0.15, 0.2) is 30.3 Å². The summed E-state index contributed by atoms with van der Waals surface area (Å²) >= 11 is 0. The lowest BCUT2D eigenvalue weighted by molar-refractivity contribution is -0.153. The fraction of sp³-hybridized carbons (Fsp3) is 0.417. The van der Waals surface area contributed by atoms with Gasteiger partial charge in [0.15, 0.2) is 0 Å². The van der Waals surface area contributed by atoms with Crippen molar-refractivity contribution in [2.24, 2.45) is 0 Å². The second-order valence-electron chi connectivity index (χ2n) is 3.71. The van der Waals surface area contributed by atoms with Crippen molar-refractivity contribution < 1.29 is 18.3 Å². The summed E-state index contributed by atoms with van der Waals surface area (Å²) in [5.74, 6) is -2.38. The molecular formula is C12H14F2O2. The van der Waals surface area contributed by atoms with E-state index in [0.717, 1.165) is 0 Å². The Morgan fingerprint density at radius 3 is 2.19 bits per heavy atom. The molecule has 0 spiro atoms. The van der Waals surface area contributed by atoms with Gasteiger partial charge in [-0.3, -0.25) is 4.79 Å². The molecule has 0 bridgehead atoms. The van der Waals surface area contributed by atoms with Crippen molar-refractivity contribution >= 4 is 5.97 Å². The van der Waals surface area contributed by atoms with E-state index in [9.17, 15) is 13.6 Å². The number of hydrogen-bond donors (Lipinski definition) is 0. The van der Waals surface area contributed by atoms with Crippen LogP contribution in [-0.2, 0) is 9.53 Å². The van der Waals surface area contributed by atoms with E-state index in [1.807, 2.05) is 0 Å². The van der Waals surface area contributed by atoms with Gasteiger partial charge in [0.25, 0.3) is 6.43 Å². The maximum atomic E-state index is 12.8. The van der Waals surface area contributed by atoms with Crippen LogP contribution in [-0.4, -0.2) is 18.5 Å². The van der Waals surface area contributed by atoms with Gasteiger partial charge >= 0.3 is 5.97 Å². The van der Waals surface area contributed by atoms with Crippen molar-refractivity contribution in [3.05, 3.63) is 35.9 Å². The molecule has 1 atom stereocenters. The SMILES string of the molecule is CC(C)OC(=O)[C@H](c1ccccc1)C(F)F. The summed E-state index contributed by atoms with van der Waals surface area (Å²) in [5.41, 5.74) is 0.281. The van der Waals surface area contributed by atoms with Crippen molar-refractivity contribution in [1.82, 2.24) is 0 Å². The molecule has 0 saturated heterocycles. The lowest BCUT2D eigenvalue weighted by Crippen LogP contribution is -2.24. The quantitative estimate of drug-likeness (QED) is 0.740. The van der Waals surface area contributed by atoms with Crippen molar-refractivity contribution in [3.63, 3.8) is 0 Å². The molecule has 0 unspecified atom stereocenters. The van der Waals surface area contributed by atoms with E-state index in [2.05, 4.69) is 0 Å². The van der Waals surface area contributed by atoms with E-state index in [1.54, 1.807) is 32.0 Å². The first kappa shape index (κ1) is 12.6. The van der Waals surface area contributed by atoms with Crippen molar-refractivity contribution in [2.45, 2.75) is 32.3 Å². The Bertz CT molecular complexity index is 336. The number of rotatable bonds is 4. The molecule has 0 fully saturated rings. The van der Waals surface area contributed by atoms with Gasteiger partial charge in [-0.1, -0.05) is 30.3 Å². The average molecular weight is 228 g/mol. The van der Waals surface area contributed by atoms with Crippen molar-refractivity contribution in [2.75, 3.05) is 0 Å². The molecule has 0 saturated carbocycles. The second kappa shape index (κ2) is 5.58. The highest BCUT2D eigenvalue weighted by Gasteiger charge is 2.31. The van der Waals surface area contributed by atoms with E-state index >= 15 is 0 Å². The third-order valence-electron chi connectivity index (χ3n) is 2.02. The van der Waals surface area contributed by atoms with Gasteiger partial charge in [0.1, 0.15) is 5.92 Å². The fourth-order valence-corrected chi connectivity index (χ4v) is 1.35. The zero-order valence-electron chi connectivity index (χ0n) is 9.19. The lowest BCUT2D eigenvalue weighted by atomic mass is 10.00. The van der Waals surface area contributed by atoms with Crippen molar-refractivity contribution in [3.8, 4) is 0 Å². The molecule has 0 aromatic heterocycles. The van der Waals surface area contributed by atoms with Crippen LogP contribution in [0.5, 0.6) is 0 Å². The Balaban J connectivity index is 2.88. The highest BCUT2D eigenvalue weighted by atomic mass is 19.3. The molecule has 0 aliphatic rings. The molecule has 88 valence electrons. The Hall–Kier alpha value is -1.45. The maximum absolute atomic E-state index is 12.8. The number of esters is 1. The van der Waals surface area contributed by atoms with E-state index in [4.69, 9.17) is 4.74 Å². The van der Waals surface area contributed by atoms with E-state index in [0.29, 0.717) is 0 Å². The summed E-state index contributed by atoms with van der Waals surface area (Å²) in [6.07, 6.45) is -3.15. The molecule has 1 rings (SSSR count). The standard InChI is InChI=1S/C12H14F2O2/c1-8(2)16-12(15)10(11(13)14)9-6-4-3-5-7-9/h3-8,10-11H,1-2H3/t10-/m1/s1. The molecule has 16 heavy (non-hydrogen) atoms. The smallest absolute Gasteiger partial charge is 0.319 e. The number of halogens is 2. The minimum Gasteiger partial charge on any atom is -0.462 e. The summed E-state index contributed by atoms with van der Waals surface area (Å²) in [4.78, 5) is 11.5. The van der Waals surface area contributed by atoms with Gasteiger partial charge in [0.2, 0.25) is 0 Å². The van der Waals surface area contributed by atoms with Crippen LogP contribution >= 0.6 is 0 Å². The Morgan fingerprint density at radius 2 is 1.75 bits per heavy atom. The lowest BCUT2D eigenvalue weighted by Gasteiger charge is -2.17. The zero-order chi connectivity index (χ0) is 12.1. The molecular weight excluding hydrogens is 214 g/mol. The Labute approximate surface area is 93.2 Å². The van der Waals surface area contributed by atoms with E-state index in [-0.39, 0.29) is 5.56 Å². The first-order chi connectivity index (χ1) is 7.52. The first-order valence-corrected chi connectivity index (χ1v) is 5.06. The summed E-state index contributed by atoms with van der Waals surface area (Å²) in [6, 6.07) is 7.94. The number of alkyl halides is 2. The van der Waals surface area contributed by atoms with Crippen LogP contribution in [0, 0.1) is 0 Å². The predicted octanol–water partition coefficient (Wildman–Crippen LogP) is 2.99. The predicted molar refractivity (Wildman–Crippen MR) is 56.4 cm³/mol. The fourth-order valence-electron chi connectivity index (χ4n) is 1.35. The third kappa shape index (κ3) is 3.29. The number of carbonyl (C=O) groups excluding carboxylic acids is 1. The van der Waals surface area contributed by atoms with Gasteiger partial charge in [-0.25, -0.2) is 8.78 Å². The van der Waals surface area contributed by atoms with Crippen LogP contribution in [0.3, 0.4) is 0 Å². The molecule has 0 aliphatic heterocycles. The Kier molecular flexibility index (Phi) is 4.40. The van der Waals surface area contributed by atoms with Gasteiger partial charge in [0.05, 0.1) is 6.10 Å². The molecule has 1 aromatic carbocycles. The van der Waals surface area contributed by atoms with E-state index in [1.165, 1.54) is 12.1 Å². The van der Waals surface area contributed by atoms with Crippen molar-refractivity contribution in [1.29, 1.82) is 0 Å². The minimum absolute atomic E-state index is 0.281. The number of ether oxygens (including phenoxy) is 1. The molecule has 0 heterocycles. The number of carbonyl (C=O) groups is 1. The number of hydrogen-bond acceptors (Lipinski definition) is 2. The summed E-state index contributed by atoms with van der Waals surface area (Å²) in [6.45, 7) is 3.26. The van der Waals surface area contributed by atoms with Crippen LogP contribution in [0.2, 0.25) is 0 Å². The van der Waals surface area contributed by atoms with Crippen LogP contribution in [0.25, 0.3) is 0 Å². The summed E-state index contributed by atoms with van der Waals surface area (Å²) < 4.78 is 30.4. The average Bonchev–Trinajstić information content (AvgIpc) is 2.17. The zero-order valence-corrected chi connectivity index (χ0v) is 9.19. The van der Waals surface area contributed by atoms with Crippen LogP contribution in [0.1, 0.15) is 25.3 Å². The molecule has 2 nitrogen and oxygen atoms in total. The van der Waals surface area contributed by atoms with Gasteiger partial charge in [-0.2, -0.15) is 0 Å². The van der Waals surface area contributed by atoms with Crippen LogP contribution < -0.4 is 0 Å². The highest BCUT2D eigenvalue weighted by molar-refractivity contribution is 5.78. The molecule has 0 amide bonds. The summed E-state index contributed by atoms with van der Waals surface area (Å²) in [5, 5.41) is 0. The monoisotopic (exact) mass is 228 g/mol. The molecule has 0 aliphatic carbocycles.